The van der Waals surface area contributed by atoms with Gasteiger partial charge in [-0.3, -0.25) is 24.4 Å². The highest BCUT2D eigenvalue weighted by Crippen LogP contribution is 2.67. The smallest absolute Gasteiger partial charge is 0.258 e. The van der Waals surface area contributed by atoms with E-state index in [1.807, 2.05) is 0 Å². The molecule has 0 radical (unpaired) electrons. The fraction of sp³-hybridized carbons (Fsp3) is 0.267. The van der Waals surface area contributed by atoms with Crippen LogP contribution in [0.2, 0.25) is 0 Å². The summed E-state index contributed by atoms with van der Waals surface area (Å²) in [6, 6.07) is 9.21. The topological polar surface area (TPSA) is 115 Å². The van der Waals surface area contributed by atoms with Gasteiger partial charge in [0.15, 0.2) is 33.0 Å². The third-order valence-corrected chi connectivity index (χ3v) is 10.8. The van der Waals surface area contributed by atoms with Gasteiger partial charge in [-0.1, -0.05) is 42.0 Å². The number of imide groups is 2. The molecule has 7 rings (SSSR count). The van der Waals surface area contributed by atoms with Gasteiger partial charge in [-0.05, 0) is 35.6 Å². The fourth-order valence-corrected chi connectivity index (χ4v) is 8.37. The van der Waals surface area contributed by atoms with Crippen molar-refractivity contribution < 1.29 is 51.4 Å². The maximum absolute atomic E-state index is 15.1. The molecule has 1 saturated carbocycles. The third-order valence-electron chi connectivity index (χ3n) is 9.43. The molecular formula is C30H17Cl2F5N2O6. The Balaban J connectivity index is 1.54. The summed E-state index contributed by atoms with van der Waals surface area (Å²) in [5.41, 5.74) is -1.84. The van der Waals surface area contributed by atoms with Crippen LogP contribution in [0.4, 0.5) is 27.6 Å². The number of benzene rings is 3. The molecule has 232 valence electrons. The van der Waals surface area contributed by atoms with Gasteiger partial charge in [0.2, 0.25) is 5.82 Å². The van der Waals surface area contributed by atoms with Gasteiger partial charge < -0.3 is 5.11 Å². The second-order valence-corrected chi connectivity index (χ2v) is 12.6. The maximum Gasteiger partial charge on any atom is 0.258 e. The molecule has 45 heavy (non-hydrogen) atoms. The second-order valence-electron chi connectivity index (χ2n) is 11.4. The largest absolute Gasteiger partial charge is 0.508 e. The molecule has 2 heterocycles. The van der Waals surface area contributed by atoms with Gasteiger partial charge in [-0.25, -0.2) is 26.9 Å². The third kappa shape index (κ3) is 3.46. The average molecular weight is 667 g/mol. The number of fused-ring (bicyclic) bond motifs is 5. The van der Waals surface area contributed by atoms with E-state index in [9.17, 15) is 42.7 Å². The van der Waals surface area contributed by atoms with E-state index in [1.165, 1.54) is 18.2 Å². The zero-order chi connectivity index (χ0) is 32.5. The molecule has 6 atom stereocenters. The first-order valence-corrected chi connectivity index (χ1v) is 14.2. The maximum atomic E-state index is 15.1. The number of amides is 4. The molecule has 4 amide bonds. The first kappa shape index (κ1) is 29.6. The minimum absolute atomic E-state index is 0.0668. The van der Waals surface area contributed by atoms with Crippen molar-refractivity contribution in [3.8, 4) is 5.75 Å². The summed E-state index contributed by atoms with van der Waals surface area (Å²) >= 11 is 14.1. The highest BCUT2D eigenvalue weighted by molar-refractivity contribution is 6.58. The van der Waals surface area contributed by atoms with Crippen molar-refractivity contribution in [2.45, 2.75) is 28.5 Å². The second kappa shape index (κ2) is 9.47. The number of alkyl halides is 2. The van der Waals surface area contributed by atoms with E-state index >= 15 is 8.78 Å². The van der Waals surface area contributed by atoms with Gasteiger partial charge in [-0.2, -0.15) is 5.06 Å². The van der Waals surface area contributed by atoms with E-state index in [2.05, 4.69) is 0 Å². The first-order valence-electron chi connectivity index (χ1n) is 13.4. The fourth-order valence-electron chi connectivity index (χ4n) is 7.45. The number of phenols is 1. The van der Waals surface area contributed by atoms with Crippen LogP contribution in [0.3, 0.4) is 0 Å². The predicted molar refractivity (Wildman–Crippen MR) is 146 cm³/mol. The standard InChI is InChI=1S/C30H17Cl2F5N2O6/c31-29-9-14-12(6-7-13-16(14)26(42)39(45)25(13)41)18(17-11-4-2-1-3-10(11)5-8-15(17)40)30(29,32)28(44)38(27(29)43)24-22(36)20(34)19(33)21(35)23(24)37/h1-6,8,13-14,16,18,40,45H,7,9H2/t13-,14+,16-,18+,29+,30-/m0/s1. The lowest BCUT2D eigenvalue weighted by Gasteiger charge is -2.51. The number of nitrogens with zero attached hydrogens (tertiary/aromatic N) is 2. The minimum Gasteiger partial charge on any atom is -0.508 e. The summed E-state index contributed by atoms with van der Waals surface area (Å²) in [6.45, 7) is 0. The number of rotatable bonds is 2. The molecule has 3 aromatic rings. The average Bonchev–Trinajstić information content (AvgIpc) is 3.33. The molecule has 2 aliphatic carbocycles. The molecule has 3 aromatic carbocycles. The van der Waals surface area contributed by atoms with Crippen LogP contribution in [0.1, 0.15) is 24.3 Å². The molecular weight excluding hydrogens is 650 g/mol. The van der Waals surface area contributed by atoms with Crippen molar-refractivity contribution >= 4 is 63.3 Å². The van der Waals surface area contributed by atoms with Crippen LogP contribution < -0.4 is 4.90 Å². The number of hydrogen-bond acceptors (Lipinski definition) is 6. The Kier molecular flexibility index (Phi) is 6.24. The molecule has 0 unspecified atom stereocenters. The van der Waals surface area contributed by atoms with Crippen molar-refractivity contribution in [2.24, 2.45) is 17.8 Å². The van der Waals surface area contributed by atoms with Crippen LogP contribution in [-0.2, 0) is 19.2 Å². The lowest BCUT2D eigenvalue weighted by Crippen LogP contribution is -2.60. The monoisotopic (exact) mass is 666 g/mol. The van der Waals surface area contributed by atoms with Crippen LogP contribution in [0.25, 0.3) is 10.8 Å². The Labute approximate surface area is 259 Å². The number of hydrogen-bond donors (Lipinski definition) is 2. The van der Waals surface area contributed by atoms with E-state index < -0.39 is 104 Å². The summed E-state index contributed by atoms with van der Waals surface area (Å²) in [5.74, 6) is -23.5. The van der Waals surface area contributed by atoms with Gasteiger partial charge in [0, 0.05) is 11.5 Å². The number of halogens is 7. The normalized spacial score (nSPS) is 31.0. The zero-order valence-electron chi connectivity index (χ0n) is 22.3. The number of anilines is 1. The Morgan fingerprint density at radius 3 is 2.09 bits per heavy atom. The first-order chi connectivity index (χ1) is 21.2. The number of phenolic OH excluding ortho intramolecular Hbond substituents is 1. The van der Waals surface area contributed by atoms with E-state index in [-0.39, 0.29) is 32.9 Å². The number of carbonyl (C=O) groups is 4. The zero-order valence-corrected chi connectivity index (χ0v) is 23.8. The van der Waals surface area contributed by atoms with Crippen LogP contribution in [0, 0.1) is 46.8 Å². The summed E-state index contributed by atoms with van der Waals surface area (Å²) in [6.07, 6.45) is 0.587. The molecule has 0 aromatic heterocycles. The number of carbonyl (C=O) groups excluding carboxylic acids is 4. The molecule has 2 N–H and O–H groups in total. The highest BCUT2D eigenvalue weighted by atomic mass is 35.5. The molecule has 15 heteroatoms. The van der Waals surface area contributed by atoms with Crippen molar-refractivity contribution in [2.75, 3.05) is 4.90 Å². The molecule has 4 aliphatic rings. The summed E-state index contributed by atoms with van der Waals surface area (Å²) < 4.78 is 72.8. The molecule has 3 fully saturated rings. The molecule has 2 aliphatic heterocycles. The van der Waals surface area contributed by atoms with Gasteiger partial charge in [-0.15, -0.1) is 23.2 Å². The Hall–Kier alpha value is -4.07. The Morgan fingerprint density at radius 2 is 1.42 bits per heavy atom. The molecule has 8 nitrogen and oxygen atoms in total. The predicted octanol–water partition coefficient (Wildman–Crippen LogP) is 5.19. The van der Waals surface area contributed by atoms with Crippen LogP contribution >= 0.6 is 23.2 Å². The molecule has 0 spiro atoms. The quantitative estimate of drug-likeness (QED) is 0.0740. The molecule has 0 bridgehead atoms. The van der Waals surface area contributed by atoms with E-state index in [4.69, 9.17) is 23.2 Å². The van der Waals surface area contributed by atoms with Crippen LogP contribution in [-0.4, -0.2) is 48.8 Å². The highest BCUT2D eigenvalue weighted by Gasteiger charge is 2.77. The van der Waals surface area contributed by atoms with E-state index in [1.54, 1.807) is 24.3 Å². The Morgan fingerprint density at radius 1 is 0.800 bits per heavy atom. The van der Waals surface area contributed by atoms with Crippen LogP contribution in [0.5, 0.6) is 5.75 Å². The van der Waals surface area contributed by atoms with Gasteiger partial charge >= 0.3 is 0 Å². The number of aromatic hydroxyl groups is 1. The number of hydroxylamine groups is 2. The van der Waals surface area contributed by atoms with Crippen molar-refractivity contribution in [3.05, 3.63) is 82.7 Å². The lowest BCUT2D eigenvalue weighted by atomic mass is 9.56. The summed E-state index contributed by atoms with van der Waals surface area (Å²) in [5, 5.41) is 22.2. The summed E-state index contributed by atoms with van der Waals surface area (Å²) in [7, 11) is 0. The van der Waals surface area contributed by atoms with Gasteiger partial charge in [0.05, 0.1) is 11.8 Å². The van der Waals surface area contributed by atoms with E-state index in [0.29, 0.717) is 5.39 Å². The van der Waals surface area contributed by atoms with Gasteiger partial charge in [0.25, 0.3) is 23.6 Å². The van der Waals surface area contributed by atoms with Crippen molar-refractivity contribution in [3.63, 3.8) is 0 Å². The minimum atomic E-state index is -2.78. The van der Waals surface area contributed by atoms with Crippen molar-refractivity contribution in [1.29, 1.82) is 0 Å². The number of allylic oxidation sites excluding steroid dienone is 2. The van der Waals surface area contributed by atoms with Crippen LogP contribution in [0.15, 0.2) is 48.0 Å². The van der Waals surface area contributed by atoms with Crippen molar-refractivity contribution in [1.82, 2.24) is 5.06 Å². The molecule has 2 saturated heterocycles. The van der Waals surface area contributed by atoms with E-state index in [0.717, 1.165) is 0 Å². The Bertz CT molecular complexity index is 1950. The van der Waals surface area contributed by atoms with Gasteiger partial charge in [0.1, 0.15) is 11.4 Å². The summed E-state index contributed by atoms with van der Waals surface area (Å²) in [4.78, 5) is 48.5. The SMILES string of the molecule is O=C1[C@H]2[C@H](CC=C3[C@H]2C[C@@]2(Cl)C(=O)N(c4c(F)c(F)c(F)c(F)c4F)C(=O)[C@@]2(Cl)[C@H]3c2c(O)ccc3ccccc23)C(=O)N1O. The lowest BCUT2D eigenvalue weighted by molar-refractivity contribution is -0.173.